The van der Waals surface area contributed by atoms with E-state index in [9.17, 15) is 43.2 Å². The van der Waals surface area contributed by atoms with Crippen molar-refractivity contribution in [3.05, 3.63) is 0 Å². The van der Waals surface area contributed by atoms with Crippen molar-refractivity contribution in [3.63, 3.8) is 0 Å². The van der Waals surface area contributed by atoms with E-state index in [2.05, 4.69) is 10.3 Å². The second kappa shape index (κ2) is 6.99. The summed E-state index contributed by atoms with van der Waals surface area (Å²) in [7, 11) is -10.7. The van der Waals surface area contributed by atoms with Crippen LogP contribution in [0, 0.1) is 0 Å². The van der Waals surface area contributed by atoms with Crippen LogP contribution in [0.1, 0.15) is 1.43 Å². The van der Waals surface area contributed by atoms with Crippen molar-refractivity contribution in [1.29, 1.82) is 0 Å². The Hall–Kier alpha value is 1.04. The zero-order valence-electron chi connectivity index (χ0n) is 8.87. The Balaban J connectivity index is -0.0000000980. The van der Waals surface area contributed by atoms with Gasteiger partial charge < -0.3 is 1.43 Å². The molecule has 0 heterocycles. The van der Waals surface area contributed by atoms with Gasteiger partial charge in [0.2, 0.25) is 0 Å². The Bertz CT molecular complexity index is 385. The number of halogens is 6. The number of rotatable bonds is 0. The summed E-state index contributed by atoms with van der Waals surface area (Å²) in [5.41, 5.74) is -10.6. The minimum absolute atomic E-state index is 0. The molecule has 0 aromatic heterocycles. The SMILES string of the molecule is NS(=O)(=O)C(F)(F)F.NS(=O)(=O)C(F)(F)F.[H-].[K+]. The molecule has 0 amide bonds. The van der Waals surface area contributed by atoms with E-state index in [1.807, 2.05) is 0 Å². The van der Waals surface area contributed by atoms with E-state index in [1.165, 1.54) is 0 Å². The van der Waals surface area contributed by atoms with Crippen LogP contribution in [0.15, 0.2) is 0 Å². The van der Waals surface area contributed by atoms with Gasteiger partial charge >= 0.3 is 82.4 Å². The van der Waals surface area contributed by atoms with E-state index in [-0.39, 0.29) is 52.8 Å². The summed E-state index contributed by atoms with van der Waals surface area (Å²) in [6.45, 7) is 0. The molecule has 0 fully saturated rings. The van der Waals surface area contributed by atoms with Crippen molar-refractivity contribution in [1.82, 2.24) is 0 Å². The van der Waals surface area contributed by atoms with Gasteiger partial charge in [-0.1, -0.05) is 0 Å². The number of nitrogens with two attached hydrogens (primary N) is 2. The molecule has 0 rings (SSSR count). The molecule has 0 aromatic carbocycles. The van der Waals surface area contributed by atoms with Crippen LogP contribution in [0.2, 0.25) is 0 Å². The average Bonchev–Trinajstić information content (AvgIpc) is 1.77. The van der Waals surface area contributed by atoms with Gasteiger partial charge in [-0.2, -0.15) is 26.3 Å². The monoisotopic (exact) mass is 338 g/mol. The molecule has 0 aliphatic rings. The average molecular weight is 338 g/mol. The number of sulfonamides is 2. The van der Waals surface area contributed by atoms with E-state index < -0.39 is 31.1 Å². The van der Waals surface area contributed by atoms with Crippen LogP contribution in [0.5, 0.6) is 0 Å². The molecular weight excluding hydrogens is 333 g/mol. The molecule has 0 saturated heterocycles. The van der Waals surface area contributed by atoms with E-state index in [4.69, 9.17) is 0 Å². The van der Waals surface area contributed by atoms with Gasteiger partial charge in [0, 0.05) is 0 Å². The number of hydrogen-bond acceptors (Lipinski definition) is 4. The first-order valence-corrected chi connectivity index (χ1v) is 5.77. The predicted molar refractivity (Wildman–Crippen MR) is 39.4 cm³/mol. The predicted octanol–water partition coefficient (Wildman–Crippen LogP) is -3.29. The Kier molecular flexibility index (Phi) is 9.52. The first-order chi connectivity index (χ1) is 6.50. The Morgan fingerprint density at radius 3 is 0.765 bits per heavy atom. The normalized spacial score (nSPS) is 13.2. The van der Waals surface area contributed by atoms with Crippen LogP contribution < -0.4 is 61.7 Å². The van der Waals surface area contributed by atoms with Crippen molar-refractivity contribution >= 4 is 20.0 Å². The third-order valence-corrected chi connectivity index (χ3v) is 1.94. The van der Waals surface area contributed by atoms with Crippen LogP contribution in [0.25, 0.3) is 0 Å². The molecule has 0 spiro atoms. The van der Waals surface area contributed by atoms with Gasteiger partial charge in [-0.3, -0.25) is 0 Å². The summed E-state index contributed by atoms with van der Waals surface area (Å²) in [5.74, 6) is 0. The molecule has 17 heavy (non-hydrogen) atoms. The van der Waals surface area contributed by atoms with Crippen molar-refractivity contribution in [2.45, 2.75) is 11.0 Å². The van der Waals surface area contributed by atoms with E-state index in [0.29, 0.717) is 0 Å². The minimum atomic E-state index is -5.34. The van der Waals surface area contributed by atoms with Gasteiger partial charge in [0.15, 0.2) is 0 Å². The van der Waals surface area contributed by atoms with Crippen LogP contribution >= 0.6 is 0 Å². The number of hydrogen-bond donors (Lipinski definition) is 2. The van der Waals surface area contributed by atoms with Crippen molar-refractivity contribution in [2.75, 3.05) is 0 Å². The molecule has 0 aliphatic heterocycles. The van der Waals surface area contributed by atoms with Gasteiger partial charge in [0.25, 0.3) is 0 Å². The third kappa shape index (κ3) is 10.6. The maximum absolute atomic E-state index is 10.8. The van der Waals surface area contributed by atoms with Crippen LogP contribution in [0.4, 0.5) is 26.3 Å². The van der Waals surface area contributed by atoms with Gasteiger partial charge in [0.05, 0.1) is 0 Å². The fraction of sp³-hybridized carbons (Fsp3) is 1.00. The Morgan fingerprint density at radius 1 is 0.706 bits per heavy atom. The molecule has 0 saturated carbocycles. The molecule has 0 bridgehead atoms. The standard InChI is InChI=1S/2CH2F3NO2S.K.H/c2*2-1(3,4)8(5,6)7;;/h2*(H2,5,6,7);;/q;;+1;-1. The first kappa shape index (κ1) is 23.2. The quantitative estimate of drug-likeness (QED) is 0.355. The number of primary sulfonamides is 2. The third-order valence-electron chi connectivity index (χ3n) is 0.645. The van der Waals surface area contributed by atoms with Gasteiger partial charge in [0.1, 0.15) is 0 Å². The molecule has 6 nitrogen and oxygen atoms in total. The summed E-state index contributed by atoms with van der Waals surface area (Å²) in [5, 5.41) is 7.32. The summed E-state index contributed by atoms with van der Waals surface area (Å²) < 4.78 is 102. The fourth-order valence-electron chi connectivity index (χ4n) is 0. The summed E-state index contributed by atoms with van der Waals surface area (Å²) in [6, 6.07) is 0. The van der Waals surface area contributed by atoms with Crippen LogP contribution in [-0.2, 0) is 20.0 Å². The minimum Gasteiger partial charge on any atom is -1.00 e. The second-order valence-corrected chi connectivity index (χ2v) is 5.09. The summed E-state index contributed by atoms with van der Waals surface area (Å²) in [4.78, 5) is 0. The number of alkyl halides is 6. The topological polar surface area (TPSA) is 120 Å². The van der Waals surface area contributed by atoms with Gasteiger partial charge in [-0.15, -0.1) is 0 Å². The second-order valence-electron chi connectivity index (χ2n) is 1.98. The fourth-order valence-corrected chi connectivity index (χ4v) is 0. The maximum atomic E-state index is 10.8. The molecule has 0 atom stereocenters. The summed E-state index contributed by atoms with van der Waals surface area (Å²) in [6.07, 6.45) is 0. The smallest absolute Gasteiger partial charge is 1.00 e. The zero-order chi connectivity index (χ0) is 14.0. The first-order valence-electron chi connectivity index (χ1n) is 2.68. The molecule has 15 heteroatoms. The van der Waals surface area contributed by atoms with E-state index >= 15 is 0 Å². The maximum Gasteiger partial charge on any atom is 1.00 e. The molecule has 0 radical (unpaired) electrons. The van der Waals surface area contributed by atoms with Crippen LogP contribution in [0.3, 0.4) is 0 Å². The summed E-state index contributed by atoms with van der Waals surface area (Å²) >= 11 is 0. The molecule has 0 aromatic rings. The van der Waals surface area contributed by atoms with Gasteiger partial charge in [-0.25, -0.2) is 27.1 Å². The van der Waals surface area contributed by atoms with Gasteiger partial charge in [-0.05, 0) is 0 Å². The van der Waals surface area contributed by atoms with Crippen LogP contribution in [-0.4, -0.2) is 27.9 Å². The van der Waals surface area contributed by atoms with Crippen molar-refractivity contribution in [3.8, 4) is 0 Å². The Labute approximate surface area is 136 Å². The zero-order valence-corrected chi connectivity index (χ0v) is 12.6. The molecule has 102 valence electrons. The van der Waals surface area contributed by atoms with E-state index in [1.54, 1.807) is 0 Å². The van der Waals surface area contributed by atoms with Crippen molar-refractivity contribution < 1.29 is 96.0 Å². The molecule has 0 aliphatic carbocycles. The molecule has 4 N–H and O–H groups in total. The molecule has 0 unspecified atom stereocenters. The van der Waals surface area contributed by atoms with Crippen molar-refractivity contribution in [2.24, 2.45) is 10.3 Å². The molecular formula is C2H5F6KN2O4S2. The Morgan fingerprint density at radius 2 is 0.765 bits per heavy atom. The van der Waals surface area contributed by atoms with E-state index in [0.717, 1.165) is 0 Å². The largest absolute Gasteiger partial charge is 1.00 e.